The molecule has 0 saturated carbocycles. The van der Waals surface area contributed by atoms with E-state index in [1.807, 2.05) is 0 Å². The van der Waals surface area contributed by atoms with Gasteiger partial charge in [0.05, 0.1) is 0 Å². The Kier molecular flexibility index (Phi) is 61.8. The van der Waals surface area contributed by atoms with Gasteiger partial charge in [0.2, 0.25) is 0 Å². The average Bonchev–Trinajstić information content (AvgIpc) is 3.43. The van der Waals surface area contributed by atoms with Gasteiger partial charge in [-0.2, -0.15) is 0 Å². The van der Waals surface area contributed by atoms with Gasteiger partial charge in [0, 0.05) is 19.3 Å². The molecule has 1 atom stereocenters. The van der Waals surface area contributed by atoms with Crippen LogP contribution in [0.3, 0.4) is 0 Å². The summed E-state index contributed by atoms with van der Waals surface area (Å²) in [6.07, 6.45) is 87.4. The number of carbonyl (C=O) groups is 3. The zero-order valence-corrected chi connectivity index (χ0v) is 50.7. The summed E-state index contributed by atoms with van der Waals surface area (Å²) in [6.45, 7) is 6.39. The minimum absolute atomic E-state index is 0.0795. The SMILES string of the molecule is CC/C=C\C/C=C\C/C=C\C/C=C\CCCCCCCCCCCCCCCCCCCCCCC(=O)OCC(COC(=O)CCCCCCCCC)OC(=O)CCCCCCCC/C=C\C/C=C\C/C=C\C/C=C\CC. The van der Waals surface area contributed by atoms with E-state index in [1.165, 1.54) is 154 Å². The number of hydrogen-bond acceptors (Lipinski definition) is 6. The molecule has 1 unspecified atom stereocenters. The molecular weight excluding hydrogens is 949 g/mol. The Bertz CT molecular complexity index is 1510. The van der Waals surface area contributed by atoms with Crippen molar-refractivity contribution in [2.24, 2.45) is 0 Å². The van der Waals surface area contributed by atoms with Gasteiger partial charge in [0.15, 0.2) is 6.10 Å². The third-order valence-corrected chi connectivity index (χ3v) is 14.1. The quantitative estimate of drug-likeness (QED) is 0.0261. The molecule has 6 nitrogen and oxygen atoms in total. The monoisotopic (exact) mass is 1070 g/mol. The van der Waals surface area contributed by atoms with Crippen LogP contribution in [-0.2, 0) is 28.6 Å². The summed E-state index contributed by atoms with van der Waals surface area (Å²) in [5.41, 5.74) is 0. The molecule has 0 fully saturated rings. The van der Waals surface area contributed by atoms with Crippen LogP contribution in [-0.4, -0.2) is 37.2 Å². The second kappa shape index (κ2) is 64.9. The fourth-order valence-corrected chi connectivity index (χ4v) is 9.25. The fourth-order valence-electron chi connectivity index (χ4n) is 9.25. The van der Waals surface area contributed by atoms with Gasteiger partial charge in [-0.25, -0.2) is 0 Å². The standard InChI is InChI=1S/C71H122O6/c1-4-7-10-13-16-18-20-22-24-26-28-29-30-31-32-33-34-35-36-37-38-39-40-41-43-44-46-48-50-52-55-58-61-64-70(73)76-67-68(66-75-69(72)63-60-57-54-15-12-9-6-3)77-71(74)65-62-59-56-53-51-49-47-45-42-27-25-23-21-19-17-14-11-8-5-2/h7-8,10-11,16-19,22-25,28-29,42,45,68H,4-6,9,12-15,20-21,26-27,30-41,43-44,46-67H2,1-3H3/b10-7-,11-8-,18-16-,19-17-,24-22-,25-23-,29-28-,45-42-. The molecule has 0 aromatic carbocycles. The van der Waals surface area contributed by atoms with Crippen LogP contribution >= 0.6 is 0 Å². The molecule has 0 aliphatic carbocycles. The Hall–Kier alpha value is -3.67. The smallest absolute Gasteiger partial charge is 0.306 e. The topological polar surface area (TPSA) is 78.9 Å². The molecule has 0 saturated heterocycles. The summed E-state index contributed by atoms with van der Waals surface area (Å²) >= 11 is 0. The Morgan fingerprint density at radius 1 is 0.273 bits per heavy atom. The Morgan fingerprint density at radius 3 is 0.792 bits per heavy atom. The van der Waals surface area contributed by atoms with Crippen molar-refractivity contribution in [3.05, 3.63) is 97.2 Å². The Labute approximate surface area is 477 Å². The lowest BCUT2D eigenvalue weighted by atomic mass is 10.0. The zero-order valence-electron chi connectivity index (χ0n) is 50.7. The van der Waals surface area contributed by atoms with Gasteiger partial charge in [0.1, 0.15) is 13.2 Å². The molecule has 0 bridgehead atoms. The first-order valence-corrected chi connectivity index (χ1v) is 32.7. The first-order valence-electron chi connectivity index (χ1n) is 32.7. The summed E-state index contributed by atoms with van der Waals surface area (Å²) in [5.74, 6) is -0.889. The molecule has 0 aromatic rings. The van der Waals surface area contributed by atoms with E-state index in [1.54, 1.807) is 0 Å². The van der Waals surface area contributed by atoms with Crippen molar-refractivity contribution in [2.45, 2.75) is 322 Å². The maximum atomic E-state index is 12.8. The van der Waals surface area contributed by atoms with E-state index < -0.39 is 6.10 Å². The molecule has 0 aromatic heterocycles. The number of hydrogen-bond donors (Lipinski definition) is 0. The molecule has 6 heteroatoms. The van der Waals surface area contributed by atoms with Crippen molar-refractivity contribution in [3.8, 4) is 0 Å². The van der Waals surface area contributed by atoms with Gasteiger partial charge in [-0.3, -0.25) is 14.4 Å². The fraction of sp³-hybridized carbons (Fsp3) is 0.732. The molecule has 0 N–H and O–H groups in total. The van der Waals surface area contributed by atoms with Crippen molar-refractivity contribution in [1.29, 1.82) is 0 Å². The van der Waals surface area contributed by atoms with Crippen molar-refractivity contribution in [3.63, 3.8) is 0 Å². The number of carbonyl (C=O) groups excluding carboxylic acids is 3. The van der Waals surface area contributed by atoms with E-state index in [4.69, 9.17) is 14.2 Å². The lowest BCUT2D eigenvalue weighted by Crippen LogP contribution is -2.30. The van der Waals surface area contributed by atoms with E-state index in [-0.39, 0.29) is 31.1 Å². The Balaban J connectivity index is 4.03. The first kappa shape index (κ1) is 73.3. The number of unbranched alkanes of at least 4 members (excludes halogenated alkanes) is 32. The van der Waals surface area contributed by atoms with Crippen LogP contribution in [0.4, 0.5) is 0 Å². The Morgan fingerprint density at radius 2 is 0.506 bits per heavy atom. The largest absolute Gasteiger partial charge is 0.462 e. The van der Waals surface area contributed by atoms with Gasteiger partial charge in [-0.1, -0.05) is 298 Å². The highest BCUT2D eigenvalue weighted by Crippen LogP contribution is 2.17. The molecule has 0 spiro atoms. The summed E-state index contributed by atoms with van der Waals surface area (Å²) in [5, 5.41) is 0. The predicted octanol–water partition coefficient (Wildman–Crippen LogP) is 22.4. The third kappa shape index (κ3) is 63.0. The molecular formula is C71H122O6. The lowest BCUT2D eigenvalue weighted by molar-refractivity contribution is -0.167. The molecule has 0 aliphatic heterocycles. The van der Waals surface area contributed by atoms with Crippen LogP contribution in [0.5, 0.6) is 0 Å². The molecule has 0 radical (unpaired) electrons. The van der Waals surface area contributed by atoms with E-state index in [0.717, 1.165) is 122 Å². The van der Waals surface area contributed by atoms with Crippen LogP contribution in [0.15, 0.2) is 97.2 Å². The van der Waals surface area contributed by atoms with Crippen molar-refractivity contribution < 1.29 is 28.6 Å². The van der Waals surface area contributed by atoms with Crippen LogP contribution in [0.25, 0.3) is 0 Å². The second-order valence-corrected chi connectivity index (χ2v) is 21.6. The first-order chi connectivity index (χ1) is 38.0. The minimum Gasteiger partial charge on any atom is -0.462 e. The van der Waals surface area contributed by atoms with Crippen LogP contribution in [0.1, 0.15) is 316 Å². The molecule has 442 valence electrons. The van der Waals surface area contributed by atoms with Crippen molar-refractivity contribution >= 4 is 17.9 Å². The van der Waals surface area contributed by atoms with Gasteiger partial charge in [0.25, 0.3) is 0 Å². The van der Waals surface area contributed by atoms with Gasteiger partial charge < -0.3 is 14.2 Å². The van der Waals surface area contributed by atoms with E-state index >= 15 is 0 Å². The lowest BCUT2D eigenvalue weighted by Gasteiger charge is -2.18. The van der Waals surface area contributed by atoms with Gasteiger partial charge in [-0.15, -0.1) is 0 Å². The molecule has 0 aliphatic rings. The number of ether oxygens (including phenoxy) is 3. The number of allylic oxidation sites excluding steroid dienone is 16. The molecule has 0 rings (SSSR count). The normalized spacial score (nSPS) is 12.7. The van der Waals surface area contributed by atoms with Crippen LogP contribution in [0.2, 0.25) is 0 Å². The maximum absolute atomic E-state index is 12.8. The highest BCUT2D eigenvalue weighted by Gasteiger charge is 2.19. The summed E-state index contributed by atoms with van der Waals surface area (Å²) in [7, 11) is 0. The van der Waals surface area contributed by atoms with Crippen molar-refractivity contribution in [1.82, 2.24) is 0 Å². The summed E-state index contributed by atoms with van der Waals surface area (Å²) in [4.78, 5) is 38.1. The van der Waals surface area contributed by atoms with Gasteiger partial charge >= 0.3 is 17.9 Å². The zero-order chi connectivity index (χ0) is 55.7. The highest BCUT2D eigenvalue weighted by molar-refractivity contribution is 5.71. The summed E-state index contributed by atoms with van der Waals surface area (Å²) in [6, 6.07) is 0. The van der Waals surface area contributed by atoms with Crippen molar-refractivity contribution in [2.75, 3.05) is 13.2 Å². The highest BCUT2D eigenvalue weighted by atomic mass is 16.6. The average molecular weight is 1070 g/mol. The van der Waals surface area contributed by atoms with E-state index in [9.17, 15) is 14.4 Å². The summed E-state index contributed by atoms with van der Waals surface area (Å²) < 4.78 is 16.8. The van der Waals surface area contributed by atoms with E-state index in [0.29, 0.717) is 19.3 Å². The third-order valence-electron chi connectivity index (χ3n) is 14.1. The molecule has 0 heterocycles. The number of esters is 3. The number of rotatable bonds is 59. The minimum atomic E-state index is -0.781. The van der Waals surface area contributed by atoms with Crippen LogP contribution < -0.4 is 0 Å². The second-order valence-electron chi connectivity index (χ2n) is 21.6. The van der Waals surface area contributed by atoms with E-state index in [2.05, 4.69) is 118 Å². The predicted molar refractivity (Wildman–Crippen MR) is 334 cm³/mol. The molecule has 0 amide bonds. The van der Waals surface area contributed by atoms with Crippen LogP contribution in [0, 0.1) is 0 Å². The maximum Gasteiger partial charge on any atom is 0.306 e. The van der Waals surface area contributed by atoms with Gasteiger partial charge in [-0.05, 0) is 96.3 Å². The molecule has 77 heavy (non-hydrogen) atoms.